The fourth-order valence-corrected chi connectivity index (χ4v) is 1.97. The summed E-state index contributed by atoms with van der Waals surface area (Å²) in [6.45, 7) is 2.64. The number of carbonyl (C=O) groups is 1. The lowest BCUT2D eigenvalue weighted by Crippen LogP contribution is -2.39. The third kappa shape index (κ3) is 2.87. The van der Waals surface area contributed by atoms with Crippen molar-refractivity contribution in [3.8, 4) is 0 Å². The molecule has 1 aliphatic rings. The van der Waals surface area contributed by atoms with Gasteiger partial charge in [0, 0.05) is 12.6 Å². The summed E-state index contributed by atoms with van der Waals surface area (Å²) in [4.78, 5) is 13.3. The van der Waals surface area contributed by atoms with Crippen LogP contribution in [-0.4, -0.2) is 41.9 Å². The van der Waals surface area contributed by atoms with Crippen molar-refractivity contribution in [2.24, 2.45) is 0 Å². The van der Waals surface area contributed by atoms with Gasteiger partial charge in [-0.25, -0.2) is 4.79 Å². The van der Waals surface area contributed by atoms with E-state index in [4.69, 9.17) is 9.84 Å². The minimum atomic E-state index is -0.284. The zero-order valence-electron chi connectivity index (χ0n) is 8.74. The second-order valence-corrected chi connectivity index (χ2v) is 3.56. The van der Waals surface area contributed by atoms with Crippen molar-refractivity contribution in [1.29, 1.82) is 0 Å². The Kier molecular flexibility index (Phi) is 4.73. The summed E-state index contributed by atoms with van der Waals surface area (Å²) in [5.74, 6) is 0. The fraction of sp³-hybridized carbons (Fsp3) is 0.900. The van der Waals surface area contributed by atoms with Crippen molar-refractivity contribution in [1.82, 2.24) is 4.90 Å². The zero-order valence-corrected chi connectivity index (χ0v) is 8.74. The molecule has 0 aliphatic heterocycles. The summed E-state index contributed by atoms with van der Waals surface area (Å²) in [5, 5.41) is 8.54. The molecule has 1 saturated carbocycles. The van der Waals surface area contributed by atoms with Crippen LogP contribution in [0.15, 0.2) is 0 Å². The van der Waals surface area contributed by atoms with Crippen LogP contribution in [0.4, 0.5) is 4.79 Å². The van der Waals surface area contributed by atoms with Crippen LogP contribution in [0.2, 0.25) is 0 Å². The molecule has 0 aromatic carbocycles. The van der Waals surface area contributed by atoms with Gasteiger partial charge in [-0.2, -0.15) is 0 Å². The van der Waals surface area contributed by atoms with Crippen LogP contribution in [0, 0.1) is 0 Å². The summed E-state index contributed by atoms with van der Waals surface area (Å²) < 4.78 is 4.89. The van der Waals surface area contributed by atoms with Crippen LogP contribution in [0.3, 0.4) is 0 Å². The highest BCUT2D eigenvalue weighted by atomic mass is 16.6. The number of hydrogen-bond donors (Lipinski definition) is 1. The summed E-state index contributed by atoms with van der Waals surface area (Å²) in [7, 11) is 0. The van der Waals surface area contributed by atoms with Crippen molar-refractivity contribution in [2.75, 3.05) is 19.8 Å². The summed E-state index contributed by atoms with van der Waals surface area (Å²) >= 11 is 0. The van der Waals surface area contributed by atoms with Crippen LogP contribution in [0.25, 0.3) is 0 Å². The molecular formula is C10H19NO3. The van der Waals surface area contributed by atoms with Gasteiger partial charge in [0.05, 0.1) is 6.61 Å². The van der Waals surface area contributed by atoms with Crippen molar-refractivity contribution in [3.63, 3.8) is 0 Å². The van der Waals surface area contributed by atoms with Crippen LogP contribution < -0.4 is 0 Å². The fourth-order valence-electron chi connectivity index (χ4n) is 1.97. The monoisotopic (exact) mass is 201 g/mol. The van der Waals surface area contributed by atoms with E-state index in [2.05, 4.69) is 0 Å². The second kappa shape index (κ2) is 5.86. The highest BCUT2D eigenvalue weighted by Crippen LogP contribution is 2.23. The number of aliphatic hydroxyl groups excluding tert-OH is 1. The first-order chi connectivity index (χ1) is 6.79. The SMILES string of the molecule is CCN(C(=O)OCCO)C1CCCC1. The molecule has 1 fully saturated rings. The van der Waals surface area contributed by atoms with Crippen LogP contribution in [0.1, 0.15) is 32.6 Å². The van der Waals surface area contributed by atoms with Gasteiger partial charge in [-0.3, -0.25) is 0 Å². The molecule has 0 radical (unpaired) electrons. The maximum Gasteiger partial charge on any atom is 0.410 e. The van der Waals surface area contributed by atoms with Gasteiger partial charge in [0.2, 0.25) is 0 Å². The molecule has 0 heterocycles. The van der Waals surface area contributed by atoms with Crippen LogP contribution in [0.5, 0.6) is 0 Å². The Morgan fingerprint density at radius 3 is 2.64 bits per heavy atom. The predicted octanol–water partition coefficient (Wildman–Crippen LogP) is 1.38. The third-order valence-electron chi connectivity index (χ3n) is 2.66. The molecule has 4 nitrogen and oxygen atoms in total. The molecule has 1 N–H and O–H groups in total. The van der Waals surface area contributed by atoms with E-state index < -0.39 is 0 Å². The zero-order chi connectivity index (χ0) is 10.4. The van der Waals surface area contributed by atoms with E-state index in [-0.39, 0.29) is 19.3 Å². The van der Waals surface area contributed by atoms with Gasteiger partial charge in [0.1, 0.15) is 6.61 Å². The molecule has 0 bridgehead atoms. The standard InChI is InChI=1S/C10H19NO3/c1-2-11(9-5-3-4-6-9)10(13)14-8-7-12/h9,12H,2-8H2,1H3. The predicted molar refractivity (Wildman–Crippen MR) is 53.1 cm³/mol. The second-order valence-electron chi connectivity index (χ2n) is 3.56. The first kappa shape index (κ1) is 11.3. The lowest BCUT2D eigenvalue weighted by atomic mass is 10.2. The first-order valence-electron chi connectivity index (χ1n) is 5.33. The average molecular weight is 201 g/mol. The Balaban J connectivity index is 2.39. The molecule has 4 heteroatoms. The van der Waals surface area contributed by atoms with E-state index in [0.717, 1.165) is 12.8 Å². The third-order valence-corrected chi connectivity index (χ3v) is 2.66. The quantitative estimate of drug-likeness (QED) is 0.747. The summed E-state index contributed by atoms with van der Waals surface area (Å²) in [6.07, 6.45) is 4.29. The smallest absolute Gasteiger partial charge is 0.410 e. The van der Waals surface area contributed by atoms with Crippen molar-refractivity contribution >= 4 is 6.09 Å². The van der Waals surface area contributed by atoms with Crippen LogP contribution in [-0.2, 0) is 4.74 Å². The Hall–Kier alpha value is -0.770. The molecule has 1 amide bonds. The van der Waals surface area contributed by atoms with Gasteiger partial charge in [-0.05, 0) is 19.8 Å². The lowest BCUT2D eigenvalue weighted by molar-refractivity contribution is 0.0735. The number of nitrogens with zero attached hydrogens (tertiary/aromatic N) is 1. The maximum atomic E-state index is 11.5. The molecule has 0 aromatic heterocycles. The van der Waals surface area contributed by atoms with Gasteiger partial charge < -0.3 is 14.7 Å². The minimum absolute atomic E-state index is 0.0993. The van der Waals surface area contributed by atoms with Crippen molar-refractivity contribution in [2.45, 2.75) is 38.6 Å². The molecule has 0 saturated heterocycles. The number of rotatable bonds is 4. The number of ether oxygens (including phenoxy) is 1. The van der Waals surface area contributed by atoms with Gasteiger partial charge in [-0.1, -0.05) is 12.8 Å². The maximum absolute atomic E-state index is 11.5. The molecule has 82 valence electrons. The lowest BCUT2D eigenvalue weighted by Gasteiger charge is -2.26. The molecule has 1 aliphatic carbocycles. The topological polar surface area (TPSA) is 49.8 Å². The van der Waals surface area contributed by atoms with E-state index in [9.17, 15) is 4.79 Å². The highest BCUT2D eigenvalue weighted by Gasteiger charge is 2.25. The molecule has 0 atom stereocenters. The normalized spacial score (nSPS) is 17.0. The Bertz CT molecular complexity index is 178. The largest absolute Gasteiger partial charge is 0.447 e. The summed E-state index contributed by atoms with van der Waals surface area (Å²) in [6, 6.07) is 0.353. The number of hydrogen-bond acceptors (Lipinski definition) is 3. The Labute approximate surface area is 84.8 Å². The van der Waals surface area contributed by atoms with Crippen LogP contribution >= 0.6 is 0 Å². The molecule has 0 aromatic rings. The van der Waals surface area contributed by atoms with E-state index in [1.165, 1.54) is 12.8 Å². The van der Waals surface area contributed by atoms with Gasteiger partial charge in [-0.15, -0.1) is 0 Å². The summed E-state index contributed by atoms with van der Waals surface area (Å²) in [5.41, 5.74) is 0. The van der Waals surface area contributed by atoms with Gasteiger partial charge >= 0.3 is 6.09 Å². The van der Waals surface area contributed by atoms with Crippen molar-refractivity contribution in [3.05, 3.63) is 0 Å². The number of carbonyl (C=O) groups excluding carboxylic acids is 1. The number of amides is 1. The number of aliphatic hydroxyl groups is 1. The average Bonchev–Trinajstić information content (AvgIpc) is 2.69. The Morgan fingerprint density at radius 1 is 1.50 bits per heavy atom. The molecule has 0 unspecified atom stereocenters. The van der Waals surface area contributed by atoms with E-state index in [1.54, 1.807) is 4.90 Å². The van der Waals surface area contributed by atoms with Crippen molar-refractivity contribution < 1.29 is 14.6 Å². The first-order valence-corrected chi connectivity index (χ1v) is 5.33. The molecule has 14 heavy (non-hydrogen) atoms. The van der Waals surface area contributed by atoms with E-state index >= 15 is 0 Å². The molecule has 0 spiro atoms. The van der Waals surface area contributed by atoms with Gasteiger partial charge in [0.15, 0.2) is 0 Å². The van der Waals surface area contributed by atoms with Gasteiger partial charge in [0.25, 0.3) is 0 Å². The van der Waals surface area contributed by atoms with E-state index in [0.29, 0.717) is 12.6 Å². The highest BCUT2D eigenvalue weighted by molar-refractivity contribution is 5.68. The Morgan fingerprint density at radius 2 is 2.14 bits per heavy atom. The molecular weight excluding hydrogens is 182 g/mol. The molecule has 1 rings (SSSR count). The minimum Gasteiger partial charge on any atom is -0.447 e. The van der Waals surface area contributed by atoms with E-state index in [1.807, 2.05) is 6.92 Å².